The summed E-state index contributed by atoms with van der Waals surface area (Å²) in [6, 6.07) is 20.7. The van der Waals surface area contributed by atoms with Crippen molar-refractivity contribution in [2.75, 3.05) is 14.1 Å². The Hall–Kier alpha value is -4.07. The number of hydrogen-bond acceptors (Lipinski definition) is 5. The summed E-state index contributed by atoms with van der Waals surface area (Å²) in [6.07, 6.45) is 3.17. The molecule has 0 saturated carbocycles. The Kier molecular flexibility index (Phi) is 6.03. The minimum atomic E-state index is -0.458. The molecular weight excluding hydrogens is 441 g/mol. The zero-order chi connectivity index (χ0) is 24.5. The van der Waals surface area contributed by atoms with E-state index in [9.17, 15) is 5.11 Å². The van der Waals surface area contributed by atoms with Gasteiger partial charge in [0, 0.05) is 24.3 Å². The van der Waals surface area contributed by atoms with Crippen LogP contribution in [0, 0.1) is 5.82 Å². The number of halogens is 1. The first-order valence-corrected chi connectivity index (χ1v) is 11.3. The molecule has 0 aliphatic heterocycles. The van der Waals surface area contributed by atoms with E-state index in [0.29, 0.717) is 17.6 Å². The lowest BCUT2D eigenvalue weighted by Crippen LogP contribution is -2.11. The molecule has 2 heterocycles. The molecule has 176 valence electrons. The van der Waals surface area contributed by atoms with Gasteiger partial charge in [0.25, 0.3) is 0 Å². The van der Waals surface area contributed by atoms with Gasteiger partial charge in [-0.05, 0) is 60.6 Å². The van der Waals surface area contributed by atoms with Crippen molar-refractivity contribution in [1.29, 1.82) is 0 Å². The standard InChI is InChI=1S/C28H26FN5O/c1-33(2)16-20-7-3-4-9-22(20)19-10-11-23(24(29)13-19)26-28(35)27-25(15-31-26)32-17-34(27)21-8-5-6-18(12-21)14-30/h3-13,15,17,35H,14,16,30H2,1-2H3. The summed E-state index contributed by atoms with van der Waals surface area (Å²) in [4.78, 5) is 10.8. The number of nitrogens with zero attached hydrogens (tertiary/aromatic N) is 4. The summed E-state index contributed by atoms with van der Waals surface area (Å²) in [7, 11) is 4.00. The monoisotopic (exact) mass is 467 g/mol. The number of imidazole rings is 1. The molecule has 0 atom stereocenters. The van der Waals surface area contributed by atoms with Crippen LogP contribution in [0.3, 0.4) is 0 Å². The van der Waals surface area contributed by atoms with Gasteiger partial charge in [0.05, 0.1) is 6.20 Å². The van der Waals surface area contributed by atoms with E-state index in [4.69, 9.17) is 5.73 Å². The van der Waals surface area contributed by atoms with Crippen molar-refractivity contribution >= 4 is 11.0 Å². The van der Waals surface area contributed by atoms with Crippen LogP contribution in [-0.4, -0.2) is 38.6 Å². The number of fused-ring (bicyclic) bond motifs is 1. The second-order valence-corrected chi connectivity index (χ2v) is 8.77. The number of hydrogen-bond donors (Lipinski definition) is 2. The molecule has 6 nitrogen and oxygen atoms in total. The lowest BCUT2D eigenvalue weighted by Gasteiger charge is -2.15. The summed E-state index contributed by atoms with van der Waals surface area (Å²) < 4.78 is 17.2. The van der Waals surface area contributed by atoms with Crippen LogP contribution in [0.5, 0.6) is 5.75 Å². The zero-order valence-electron chi connectivity index (χ0n) is 19.6. The van der Waals surface area contributed by atoms with Crippen LogP contribution in [0.4, 0.5) is 4.39 Å². The normalized spacial score (nSPS) is 11.5. The third-order valence-electron chi connectivity index (χ3n) is 6.02. The fourth-order valence-corrected chi connectivity index (χ4v) is 4.37. The van der Waals surface area contributed by atoms with Gasteiger partial charge >= 0.3 is 0 Å². The molecule has 3 N–H and O–H groups in total. The summed E-state index contributed by atoms with van der Waals surface area (Å²) in [5, 5.41) is 11.2. The highest BCUT2D eigenvalue weighted by atomic mass is 19.1. The van der Waals surface area contributed by atoms with E-state index in [0.717, 1.165) is 34.5 Å². The van der Waals surface area contributed by atoms with E-state index >= 15 is 4.39 Å². The number of benzene rings is 3. The van der Waals surface area contributed by atoms with Crippen LogP contribution in [0.1, 0.15) is 11.1 Å². The molecule has 3 aromatic carbocycles. The zero-order valence-corrected chi connectivity index (χ0v) is 19.6. The molecule has 0 fully saturated rings. The second-order valence-electron chi connectivity index (χ2n) is 8.77. The van der Waals surface area contributed by atoms with Gasteiger partial charge in [-0.15, -0.1) is 0 Å². The average molecular weight is 468 g/mol. The smallest absolute Gasteiger partial charge is 0.168 e. The fourth-order valence-electron chi connectivity index (χ4n) is 4.37. The van der Waals surface area contributed by atoms with Gasteiger partial charge in [-0.3, -0.25) is 4.57 Å². The van der Waals surface area contributed by atoms with E-state index in [1.807, 2.05) is 68.7 Å². The molecule has 0 aliphatic carbocycles. The van der Waals surface area contributed by atoms with Crippen molar-refractivity contribution in [1.82, 2.24) is 19.4 Å². The Morgan fingerprint density at radius 2 is 1.80 bits per heavy atom. The number of nitrogens with two attached hydrogens (primary N) is 1. The molecule has 0 radical (unpaired) electrons. The van der Waals surface area contributed by atoms with Crippen molar-refractivity contribution < 1.29 is 9.50 Å². The molecule has 0 unspecified atom stereocenters. The minimum Gasteiger partial charge on any atom is -0.504 e. The van der Waals surface area contributed by atoms with Crippen LogP contribution in [0.2, 0.25) is 0 Å². The van der Waals surface area contributed by atoms with Gasteiger partial charge in [-0.25, -0.2) is 14.4 Å². The number of aromatic nitrogens is 3. The van der Waals surface area contributed by atoms with Gasteiger partial charge in [-0.1, -0.05) is 42.5 Å². The predicted octanol–water partition coefficient (Wildman–Crippen LogP) is 5.12. The molecule has 5 aromatic rings. The van der Waals surface area contributed by atoms with Gasteiger partial charge in [-0.2, -0.15) is 0 Å². The van der Waals surface area contributed by atoms with Crippen LogP contribution < -0.4 is 5.73 Å². The van der Waals surface area contributed by atoms with E-state index in [-0.39, 0.29) is 17.0 Å². The highest BCUT2D eigenvalue weighted by Crippen LogP contribution is 2.37. The Morgan fingerprint density at radius 1 is 0.971 bits per heavy atom. The maximum absolute atomic E-state index is 15.4. The molecule has 7 heteroatoms. The van der Waals surface area contributed by atoms with Gasteiger partial charge in [0.15, 0.2) is 5.75 Å². The average Bonchev–Trinajstić information content (AvgIpc) is 3.30. The molecule has 35 heavy (non-hydrogen) atoms. The quantitative estimate of drug-likeness (QED) is 0.362. The van der Waals surface area contributed by atoms with E-state index in [1.165, 1.54) is 6.07 Å². The molecule has 0 aliphatic rings. The van der Waals surface area contributed by atoms with Crippen molar-refractivity contribution in [3.8, 4) is 33.8 Å². The lowest BCUT2D eigenvalue weighted by molar-refractivity contribution is 0.403. The van der Waals surface area contributed by atoms with Crippen molar-refractivity contribution in [3.63, 3.8) is 0 Å². The third kappa shape index (κ3) is 4.27. The summed E-state index contributed by atoms with van der Waals surface area (Å²) in [6.45, 7) is 1.14. The van der Waals surface area contributed by atoms with E-state index < -0.39 is 5.82 Å². The van der Waals surface area contributed by atoms with Gasteiger partial charge in [0.2, 0.25) is 0 Å². The Morgan fingerprint density at radius 3 is 2.57 bits per heavy atom. The summed E-state index contributed by atoms with van der Waals surface area (Å²) in [5.41, 5.74) is 11.8. The van der Waals surface area contributed by atoms with Gasteiger partial charge < -0.3 is 15.7 Å². The molecule has 2 aromatic heterocycles. The predicted molar refractivity (Wildman–Crippen MR) is 137 cm³/mol. The first-order chi connectivity index (χ1) is 17.0. The molecule has 0 amide bonds. The first kappa shape index (κ1) is 22.7. The highest BCUT2D eigenvalue weighted by Gasteiger charge is 2.19. The fraction of sp³-hybridized carbons (Fsp3) is 0.143. The first-order valence-electron chi connectivity index (χ1n) is 11.3. The maximum atomic E-state index is 15.4. The summed E-state index contributed by atoms with van der Waals surface area (Å²) >= 11 is 0. The van der Waals surface area contributed by atoms with Crippen LogP contribution in [-0.2, 0) is 13.1 Å². The lowest BCUT2D eigenvalue weighted by atomic mass is 9.97. The molecule has 0 bridgehead atoms. The van der Waals surface area contributed by atoms with Crippen LogP contribution in [0.25, 0.3) is 39.1 Å². The number of aromatic hydroxyl groups is 1. The molecule has 5 rings (SSSR count). The molecular formula is C28H26FN5O. The maximum Gasteiger partial charge on any atom is 0.168 e. The largest absolute Gasteiger partial charge is 0.504 e. The van der Waals surface area contributed by atoms with Crippen LogP contribution >= 0.6 is 0 Å². The molecule has 0 spiro atoms. The third-order valence-corrected chi connectivity index (χ3v) is 6.02. The SMILES string of the molecule is CN(C)Cc1ccccc1-c1ccc(-c2ncc3ncn(-c4cccc(CN)c4)c3c2O)c(F)c1. The Balaban J connectivity index is 1.59. The topological polar surface area (TPSA) is 80.2 Å². The Labute approximate surface area is 203 Å². The van der Waals surface area contributed by atoms with Crippen molar-refractivity contribution in [3.05, 3.63) is 96.2 Å². The van der Waals surface area contributed by atoms with E-state index in [2.05, 4.69) is 14.9 Å². The van der Waals surface area contributed by atoms with Crippen molar-refractivity contribution in [2.24, 2.45) is 5.73 Å². The summed E-state index contributed by atoms with van der Waals surface area (Å²) in [5.74, 6) is -0.585. The molecule has 0 saturated heterocycles. The van der Waals surface area contributed by atoms with E-state index in [1.54, 1.807) is 23.2 Å². The number of pyridine rings is 1. The van der Waals surface area contributed by atoms with Crippen LogP contribution in [0.15, 0.2) is 79.3 Å². The second kappa shape index (κ2) is 9.29. The number of rotatable bonds is 6. The minimum absolute atomic E-state index is 0.127. The van der Waals surface area contributed by atoms with Gasteiger partial charge in [0.1, 0.15) is 28.9 Å². The van der Waals surface area contributed by atoms with Crippen molar-refractivity contribution in [2.45, 2.75) is 13.1 Å². The highest BCUT2D eigenvalue weighted by molar-refractivity contribution is 5.89. The Bertz CT molecular complexity index is 1530.